The minimum absolute atomic E-state index is 0.0662. The maximum atomic E-state index is 10.3. The van der Waals surface area contributed by atoms with Gasteiger partial charge in [0.05, 0.1) is 6.04 Å². The highest BCUT2D eigenvalue weighted by atomic mass is 16.1. The fourth-order valence-corrected chi connectivity index (χ4v) is 0.678. The fourth-order valence-electron chi connectivity index (χ4n) is 0.678. The van der Waals surface area contributed by atoms with Gasteiger partial charge < -0.3 is 10.6 Å². The van der Waals surface area contributed by atoms with E-state index in [1.54, 1.807) is 6.92 Å². The summed E-state index contributed by atoms with van der Waals surface area (Å²) in [6.45, 7) is 7.40. The number of carbonyl (C=O) groups is 1. The zero-order valence-corrected chi connectivity index (χ0v) is 6.90. The van der Waals surface area contributed by atoms with Crippen molar-refractivity contribution in [3.63, 3.8) is 0 Å². The number of carbonyl (C=O) groups excluding carboxylic acids is 1. The average molecular weight is 144 g/mol. The summed E-state index contributed by atoms with van der Waals surface area (Å²) in [5.74, 6) is 0.0662. The predicted molar refractivity (Wildman–Crippen MR) is 41.8 cm³/mol. The normalized spacial score (nSPS) is 16.3. The first-order chi connectivity index (χ1) is 4.79. The van der Waals surface area contributed by atoms with E-state index in [-0.39, 0.29) is 5.91 Å². The smallest absolute Gasteiger partial charge is 0.217 e. The van der Waals surface area contributed by atoms with Crippen molar-refractivity contribution < 1.29 is 4.79 Å². The van der Waals surface area contributed by atoms with Crippen molar-refractivity contribution in [2.45, 2.75) is 26.8 Å². The van der Waals surface area contributed by atoms with Crippen LogP contribution < -0.4 is 10.6 Å². The summed E-state index contributed by atoms with van der Waals surface area (Å²) in [5.41, 5.74) is 0. The zero-order valence-electron chi connectivity index (χ0n) is 6.90. The highest BCUT2D eigenvalue weighted by molar-refractivity contribution is 5.73. The van der Waals surface area contributed by atoms with Gasteiger partial charge in [-0.15, -0.1) is 0 Å². The summed E-state index contributed by atoms with van der Waals surface area (Å²) in [7, 11) is 0. The summed E-state index contributed by atoms with van der Waals surface area (Å²) in [6, 6.07) is 0.396. The molecule has 1 aliphatic heterocycles. The highest BCUT2D eigenvalue weighted by Crippen LogP contribution is 1.88. The first-order valence-corrected chi connectivity index (χ1v) is 3.77. The molecular weight excluding hydrogens is 128 g/mol. The molecule has 3 heteroatoms. The van der Waals surface area contributed by atoms with Gasteiger partial charge in [-0.2, -0.15) is 0 Å². The summed E-state index contributed by atoms with van der Waals surface area (Å²) >= 11 is 0. The third kappa shape index (κ3) is 3.45. The molecule has 0 radical (unpaired) electrons. The molecule has 0 bridgehead atoms. The minimum atomic E-state index is 0.0662. The van der Waals surface area contributed by atoms with Crippen LogP contribution in [0.25, 0.3) is 0 Å². The number of hydrogen-bond acceptors (Lipinski definition) is 2. The van der Waals surface area contributed by atoms with E-state index in [1.165, 1.54) is 0 Å². The van der Waals surface area contributed by atoms with Gasteiger partial charge in [0, 0.05) is 20.0 Å². The summed E-state index contributed by atoms with van der Waals surface area (Å²) in [4.78, 5) is 10.3. The Hall–Kier alpha value is -0.570. The number of nitrogens with one attached hydrogen (secondary N) is 2. The van der Waals surface area contributed by atoms with Crippen molar-refractivity contribution >= 4 is 5.91 Å². The molecule has 0 saturated carbocycles. The Morgan fingerprint density at radius 3 is 2.10 bits per heavy atom. The fraction of sp³-hybridized carbons (Fsp3) is 0.857. The topological polar surface area (TPSA) is 41.1 Å². The van der Waals surface area contributed by atoms with Crippen molar-refractivity contribution in [3.05, 3.63) is 0 Å². The van der Waals surface area contributed by atoms with Crippen molar-refractivity contribution in [1.29, 1.82) is 0 Å². The minimum Gasteiger partial charge on any atom is -0.351 e. The predicted octanol–water partition coefficient (Wildman–Crippen LogP) is 0.120. The Kier molecular flexibility index (Phi) is 4.94. The van der Waals surface area contributed by atoms with Crippen LogP contribution in [-0.4, -0.2) is 25.0 Å². The molecule has 0 atom stereocenters. The van der Waals surface area contributed by atoms with Crippen LogP contribution in [0.5, 0.6) is 0 Å². The molecule has 1 amide bonds. The standard InChI is InChI=1S/C5H10N2O.C2H6/c1-4(8)7-5-2-6-3-5;1-2/h5-6H,2-3H2,1H3,(H,7,8);1-2H3. The van der Waals surface area contributed by atoms with Crippen molar-refractivity contribution in [1.82, 2.24) is 10.6 Å². The Bertz CT molecular complexity index is 99.8. The Morgan fingerprint density at radius 2 is 2.00 bits per heavy atom. The van der Waals surface area contributed by atoms with Gasteiger partial charge in [-0.1, -0.05) is 13.8 Å². The lowest BCUT2D eigenvalue weighted by Crippen LogP contribution is -2.56. The molecule has 1 rings (SSSR count). The first kappa shape index (κ1) is 9.43. The lowest BCUT2D eigenvalue weighted by Gasteiger charge is -2.27. The van der Waals surface area contributed by atoms with Crippen LogP contribution >= 0.6 is 0 Å². The van der Waals surface area contributed by atoms with Crippen LogP contribution in [0.1, 0.15) is 20.8 Å². The first-order valence-electron chi connectivity index (χ1n) is 3.77. The molecule has 0 aromatic rings. The van der Waals surface area contributed by atoms with Crippen LogP contribution in [0.15, 0.2) is 0 Å². The largest absolute Gasteiger partial charge is 0.351 e. The van der Waals surface area contributed by atoms with Crippen LogP contribution in [0, 0.1) is 0 Å². The molecule has 0 unspecified atom stereocenters. The highest BCUT2D eigenvalue weighted by Gasteiger charge is 2.15. The van der Waals surface area contributed by atoms with E-state index >= 15 is 0 Å². The third-order valence-corrected chi connectivity index (χ3v) is 1.19. The Morgan fingerprint density at radius 1 is 1.50 bits per heavy atom. The molecule has 3 nitrogen and oxygen atoms in total. The van der Waals surface area contributed by atoms with E-state index < -0.39 is 0 Å². The summed E-state index contributed by atoms with van der Waals surface area (Å²) < 4.78 is 0. The molecule has 0 aromatic carbocycles. The molecule has 0 spiro atoms. The lowest BCUT2D eigenvalue weighted by molar-refractivity contribution is -0.119. The van der Waals surface area contributed by atoms with Crippen LogP contribution in [0.3, 0.4) is 0 Å². The van der Waals surface area contributed by atoms with Gasteiger partial charge in [-0.05, 0) is 0 Å². The van der Waals surface area contributed by atoms with Crippen LogP contribution in [0.2, 0.25) is 0 Å². The molecule has 0 aromatic heterocycles. The van der Waals surface area contributed by atoms with E-state index in [9.17, 15) is 4.79 Å². The number of amides is 1. The Balaban J connectivity index is 0.000000371. The molecule has 60 valence electrons. The maximum Gasteiger partial charge on any atom is 0.217 e. The van der Waals surface area contributed by atoms with Gasteiger partial charge in [-0.3, -0.25) is 4.79 Å². The average Bonchev–Trinajstić information content (AvgIpc) is 1.84. The quantitative estimate of drug-likeness (QED) is 0.549. The molecule has 2 N–H and O–H groups in total. The van der Waals surface area contributed by atoms with Crippen molar-refractivity contribution in [2.75, 3.05) is 13.1 Å². The van der Waals surface area contributed by atoms with Gasteiger partial charge in [0.25, 0.3) is 0 Å². The van der Waals surface area contributed by atoms with Gasteiger partial charge in [0.1, 0.15) is 0 Å². The van der Waals surface area contributed by atoms with E-state index in [1.807, 2.05) is 13.8 Å². The van der Waals surface area contributed by atoms with Gasteiger partial charge in [0.2, 0.25) is 5.91 Å². The molecule has 10 heavy (non-hydrogen) atoms. The van der Waals surface area contributed by atoms with E-state index in [0.717, 1.165) is 13.1 Å². The van der Waals surface area contributed by atoms with Crippen molar-refractivity contribution in [2.24, 2.45) is 0 Å². The second-order valence-electron chi connectivity index (χ2n) is 2.06. The van der Waals surface area contributed by atoms with Gasteiger partial charge in [-0.25, -0.2) is 0 Å². The SMILES string of the molecule is CC.CC(=O)NC1CNC1. The maximum absolute atomic E-state index is 10.3. The third-order valence-electron chi connectivity index (χ3n) is 1.19. The van der Waals surface area contributed by atoms with Crippen LogP contribution in [-0.2, 0) is 4.79 Å². The second kappa shape index (κ2) is 5.23. The Labute approximate surface area is 62.2 Å². The molecule has 0 aliphatic carbocycles. The second-order valence-corrected chi connectivity index (χ2v) is 2.06. The number of hydrogen-bond donors (Lipinski definition) is 2. The van der Waals surface area contributed by atoms with Crippen molar-refractivity contribution in [3.8, 4) is 0 Å². The lowest BCUT2D eigenvalue weighted by atomic mass is 10.2. The molecule has 1 fully saturated rings. The molecular formula is C7H16N2O. The van der Waals surface area contributed by atoms with E-state index in [0.29, 0.717) is 6.04 Å². The molecule has 1 heterocycles. The van der Waals surface area contributed by atoms with Crippen LogP contribution in [0.4, 0.5) is 0 Å². The summed E-state index contributed by atoms with van der Waals surface area (Å²) in [6.07, 6.45) is 0. The summed E-state index contributed by atoms with van der Waals surface area (Å²) in [5, 5.41) is 5.83. The zero-order chi connectivity index (χ0) is 7.98. The molecule has 1 saturated heterocycles. The van der Waals surface area contributed by atoms with Gasteiger partial charge in [0.15, 0.2) is 0 Å². The molecule has 1 aliphatic rings. The van der Waals surface area contributed by atoms with E-state index in [4.69, 9.17) is 0 Å². The number of rotatable bonds is 1. The van der Waals surface area contributed by atoms with Gasteiger partial charge >= 0.3 is 0 Å². The van der Waals surface area contributed by atoms with E-state index in [2.05, 4.69) is 10.6 Å². The monoisotopic (exact) mass is 144 g/mol.